The topological polar surface area (TPSA) is 93.4 Å². The summed E-state index contributed by atoms with van der Waals surface area (Å²) in [6.07, 6.45) is -0.716. The van der Waals surface area contributed by atoms with E-state index in [1.165, 1.54) is 0 Å². The molecule has 0 amide bonds. The molecular formula is C22H31NO5. The van der Waals surface area contributed by atoms with Crippen molar-refractivity contribution in [2.75, 3.05) is 39.5 Å². The number of benzene rings is 2. The Labute approximate surface area is 166 Å². The Kier molecular flexibility index (Phi) is 8.26. The highest BCUT2D eigenvalue weighted by molar-refractivity contribution is 5.41. The van der Waals surface area contributed by atoms with Crippen LogP contribution in [-0.4, -0.2) is 70.9 Å². The van der Waals surface area contributed by atoms with Crippen molar-refractivity contribution in [3.8, 4) is 11.5 Å². The van der Waals surface area contributed by atoms with E-state index in [4.69, 9.17) is 14.9 Å². The van der Waals surface area contributed by atoms with Gasteiger partial charge in [-0.15, -0.1) is 0 Å². The van der Waals surface area contributed by atoms with Crippen molar-refractivity contribution >= 4 is 0 Å². The van der Waals surface area contributed by atoms with Gasteiger partial charge < -0.3 is 25.2 Å². The van der Waals surface area contributed by atoms with Crippen LogP contribution in [0, 0.1) is 0 Å². The molecule has 4 N–H and O–H groups in total. The van der Waals surface area contributed by atoms with E-state index in [0.717, 1.165) is 11.1 Å². The summed E-state index contributed by atoms with van der Waals surface area (Å²) in [5, 5.41) is 37.7. The number of ether oxygens (including phenoxy) is 1. The van der Waals surface area contributed by atoms with Crippen LogP contribution in [0.25, 0.3) is 0 Å². The van der Waals surface area contributed by atoms with Crippen LogP contribution >= 0.6 is 0 Å². The van der Waals surface area contributed by atoms with Crippen molar-refractivity contribution < 1.29 is 25.2 Å². The van der Waals surface area contributed by atoms with Gasteiger partial charge in [0.2, 0.25) is 0 Å². The zero-order valence-corrected chi connectivity index (χ0v) is 16.6. The van der Waals surface area contributed by atoms with Gasteiger partial charge in [-0.3, -0.25) is 4.90 Å². The van der Waals surface area contributed by atoms with Gasteiger partial charge in [-0.25, -0.2) is 0 Å². The van der Waals surface area contributed by atoms with Gasteiger partial charge in [-0.2, -0.15) is 0 Å². The first-order chi connectivity index (χ1) is 13.4. The Morgan fingerprint density at radius 3 is 1.89 bits per heavy atom. The number of aliphatic hydroxyl groups is 3. The molecule has 154 valence electrons. The Morgan fingerprint density at radius 1 is 0.893 bits per heavy atom. The molecular weight excluding hydrogens is 358 g/mol. The number of hydrogen-bond acceptors (Lipinski definition) is 6. The molecule has 0 saturated carbocycles. The number of hydrogen-bond donors (Lipinski definition) is 4. The molecule has 0 heterocycles. The lowest BCUT2D eigenvalue weighted by Crippen LogP contribution is -2.38. The molecule has 6 heteroatoms. The molecule has 0 aliphatic carbocycles. The number of nitrogens with zero attached hydrogens (tertiary/aromatic N) is 1. The summed E-state index contributed by atoms with van der Waals surface area (Å²) in [6, 6.07) is 15.0. The van der Waals surface area contributed by atoms with Crippen LogP contribution in [0.2, 0.25) is 0 Å². The second-order valence-corrected chi connectivity index (χ2v) is 7.41. The molecule has 0 spiro atoms. The van der Waals surface area contributed by atoms with Crippen molar-refractivity contribution in [3.63, 3.8) is 0 Å². The molecule has 0 aromatic heterocycles. The Morgan fingerprint density at radius 2 is 1.39 bits per heavy atom. The van der Waals surface area contributed by atoms with Gasteiger partial charge in [-0.1, -0.05) is 38.1 Å². The summed E-state index contributed by atoms with van der Waals surface area (Å²) in [5.41, 5.74) is 1.99. The van der Waals surface area contributed by atoms with Crippen LogP contribution in [0.4, 0.5) is 0 Å². The minimum Gasteiger partial charge on any atom is -0.508 e. The first-order valence-electron chi connectivity index (χ1n) is 9.51. The van der Waals surface area contributed by atoms with Crippen LogP contribution in [0.1, 0.15) is 25.0 Å². The normalized spacial score (nSPS) is 12.9. The molecule has 0 bridgehead atoms. The summed E-state index contributed by atoms with van der Waals surface area (Å²) in [6.45, 7) is 5.46. The zero-order valence-electron chi connectivity index (χ0n) is 16.6. The molecule has 2 aromatic rings. The average Bonchev–Trinajstić information content (AvgIpc) is 2.67. The molecule has 2 aromatic carbocycles. The highest BCUT2D eigenvalue weighted by Gasteiger charge is 2.23. The Bertz CT molecular complexity index is 694. The first-order valence-corrected chi connectivity index (χ1v) is 9.51. The largest absolute Gasteiger partial charge is 0.508 e. The molecule has 0 aliphatic heterocycles. The smallest absolute Gasteiger partial charge is 0.119 e. The van der Waals surface area contributed by atoms with E-state index >= 15 is 0 Å². The second kappa shape index (κ2) is 10.4. The maximum atomic E-state index is 10.1. The van der Waals surface area contributed by atoms with E-state index in [2.05, 4.69) is 13.8 Å². The highest BCUT2D eigenvalue weighted by Crippen LogP contribution is 2.33. The van der Waals surface area contributed by atoms with Gasteiger partial charge in [0.1, 0.15) is 24.2 Å². The highest BCUT2D eigenvalue weighted by atomic mass is 16.5. The quantitative estimate of drug-likeness (QED) is 0.468. The van der Waals surface area contributed by atoms with Gasteiger partial charge in [0.15, 0.2) is 0 Å². The van der Waals surface area contributed by atoms with E-state index in [-0.39, 0.29) is 31.0 Å². The SMILES string of the molecule is CC(C)(c1ccc(O)cc1)c1ccc(OCC(O)CN(CCO)CCO)cc1. The van der Waals surface area contributed by atoms with Crippen molar-refractivity contribution in [1.29, 1.82) is 0 Å². The van der Waals surface area contributed by atoms with Gasteiger partial charge >= 0.3 is 0 Å². The molecule has 1 unspecified atom stereocenters. The third kappa shape index (κ3) is 6.21. The molecule has 0 aliphatic rings. The van der Waals surface area contributed by atoms with Crippen LogP contribution in [-0.2, 0) is 5.41 Å². The minimum atomic E-state index is -0.716. The fourth-order valence-electron chi connectivity index (χ4n) is 3.13. The van der Waals surface area contributed by atoms with E-state index < -0.39 is 6.10 Å². The predicted octanol–water partition coefficient (Wildman–Crippen LogP) is 1.74. The number of phenolic OH excluding ortho intramolecular Hbond substituents is 1. The van der Waals surface area contributed by atoms with Crippen molar-refractivity contribution in [1.82, 2.24) is 4.90 Å². The van der Waals surface area contributed by atoms with Crippen molar-refractivity contribution in [2.45, 2.75) is 25.4 Å². The molecule has 28 heavy (non-hydrogen) atoms. The number of aromatic hydroxyl groups is 1. The first kappa shape index (κ1) is 22.2. The lowest BCUT2D eigenvalue weighted by atomic mass is 9.78. The predicted molar refractivity (Wildman–Crippen MR) is 109 cm³/mol. The van der Waals surface area contributed by atoms with E-state index in [1.54, 1.807) is 17.0 Å². The fourth-order valence-corrected chi connectivity index (χ4v) is 3.13. The Balaban J connectivity index is 1.94. The van der Waals surface area contributed by atoms with Crippen LogP contribution in [0.3, 0.4) is 0 Å². The molecule has 0 radical (unpaired) electrons. The summed E-state index contributed by atoms with van der Waals surface area (Å²) in [7, 11) is 0. The minimum absolute atomic E-state index is 0.0220. The zero-order chi connectivity index (χ0) is 20.6. The standard InChI is InChI=1S/C22H31NO5/c1-22(2,17-3-7-19(26)8-4-17)18-5-9-21(10-6-18)28-16-20(27)15-23(11-13-24)12-14-25/h3-10,20,24-27H,11-16H2,1-2H3. The molecule has 0 saturated heterocycles. The van der Waals surface area contributed by atoms with Crippen molar-refractivity contribution in [2.24, 2.45) is 0 Å². The van der Waals surface area contributed by atoms with Crippen LogP contribution < -0.4 is 4.74 Å². The fraction of sp³-hybridized carbons (Fsp3) is 0.455. The van der Waals surface area contributed by atoms with Crippen LogP contribution in [0.15, 0.2) is 48.5 Å². The van der Waals surface area contributed by atoms with E-state index in [1.807, 2.05) is 36.4 Å². The van der Waals surface area contributed by atoms with Gasteiger partial charge in [0.05, 0.1) is 13.2 Å². The summed E-state index contributed by atoms with van der Waals surface area (Å²) >= 11 is 0. The third-order valence-corrected chi connectivity index (χ3v) is 4.91. The van der Waals surface area contributed by atoms with Crippen molar-refractivity contribution in [3.05, 3.63) is 59.7 Å². The van der Waals surface area contributed by atoms with Gasteiger partial charge in [-0.05, 0) is 35.4 Å². The molecule has 2 rings (SSSR count). The number of phenols is 1. The third-order valence-electron chi connectivity index (χ3n) is 4.91. The number of aliphatic hydroxyl groups excluding tert-OH is 3. The maximum absolute atomic E-state index is 10.1. The van der Waals surface area contributed by atoms with E-state index in [0.29, 0.717) is 25.4 Å². The Hall–Kier alpha value is -2.12. The van der Waals surface area contributed by atoms with Crippen LogP contribution in [0.5, 0.6) is 11.5 Å². The second-order valence-electron chi connectivity index (χ2n) is 7.41. The number of rotatable bonds is 11. The lowest BCUT2D eigenvalue weighted by Gasteiger charge is -2.26. The van der Waals surface area contributed by atoms with Gasteiger partial charge in [0, 0.05) is 25.0 Å². The summed E-state index contributed by atoms with van der Waals surface area (Å²) < 4.78 is 5.68. The maximum Gasteiger partial charge on any atom is 0.119 e. The van der Waals surface area contributed by atoms with Gasteiger partial charge in [0.25, 0.3) is 0 Å². The summed E-state index contributed by atoms with van der Waals surface area (Å²) in [5.74, 6) is 0.915. The average molecular weight is 389 g/mol. The summed E-state index contributed by atoms with van der Waals surface area (Å²) in [4.78, 5) is 1.79. The van der Waals surface area contributed by atoms with E-state index in [9.17, 15) is 10.2 Å². The molecule has 6 nitrogen and oxygen atoms in total. The molecule has 0 fully saturated rings. The molecule has 1 atom stereocenters. The monoisotopic (exact) mass is 389 g/mol. The lowest BCUT2D eigenvalue weighted by molar-refractivity contribution is 0.0552.